The van der Waals surface area contributed by atoms with E-state index in [0.29, 0.717) is 12.2 Å². The Balaban J connectivity index is 2.94. The molecule has 3 heteroatoms. The van der Waals surface area contributed by atoms with Gasteiger partial charge in [0.1, 0.15) is 6.10 Å². The van der Waals surface area contributed by atoms with E-state index in [1.807, 2.05) is 26.0 Å². The van der Waals surface area contributed by atoms with E-state index in [4.69, 9.17) is 9.47 Å². The van der Waals surface area contributed by atoms with E-state index in [9.17, 15) is 4.79 Å². The second-order valence-corrected chi connectivity index (χ2v) is 6.18. The van der Waals surface area contributed by atoms with Crippen LogP contribution in [-0.4, -0.2) is 25.8 Å². The first kappa shape index (κ1) is 18.7. The van der Waals surface area contributed by atoms with Crippen molar-refractivity contribution in [3.05, 3.63) is 34.9 Å². The number of ether oxygens (including phenoxy) is 2. The molecule has 0 fully saturated rings. The Morgan fingerprint density at radius 2 is 1.59 bits per heavy atom. The van der Waals surface area contributed by atoms with E-state index in [1.165, 1.54) is 11.1 Å². The summed E-state index contributed by atoms with van der Waals surface area (Å²) >= 11 is 0. The third kappa shape index (κ3) is 5.80. The molecule has 0 saturated heterocycles. The first-order valence-corrected chi connectivity index (χ1v) is 8.34. The maximum atomic E-state index is 12.5. The van der Waals surface area contributed by atoms with Crippen LogP contribution in [0.15, 0.2) is 18.2 Å². The summed E-state index contributed by atoms with van der Waals surface area (Å²) in [5, 5.41) is 0. The molecule has 0 aliphatic heterocycles. The van der Waals surface area contributed by atoms with E-state index < -0.39 is 0 Å². The summed E-state index contributed by atoms with van der Waals surface area (Å²) in [6, 6.07) is 6.14. The molecule has 1 aromatic rings. The van der Waals surface area contributed by atoms with Gasteiger partial charge < -0.3 is 9.47 Å². The van der Waals surface area contributed by atoms with Gasteiger partial charge >= 0.3 is 5.97 Å². The van der Waals surface area contributed by atoms with E-state index in [-0.39, 0.29) is 18.0 Å². The third-order valence-electron chi connectivity index (χ3n) is 3.70. The predicted octanol–water partition coefficient (Wildman–Crippen LogP) is 4.42. The molecule has 1 atom stereocenters. The zero-order valence-electron chi connectivity index (χ0n) is 14.6. The lowest BCUT2D eigenvalue weighted by Crippen LogP contribution is -2.28. The second kappa shape index (κ2) is 9.62. The van der Waals surface area contributed by atoms with Crippen LogP contribution in [0.3, 0.4) is 0 Å². The number of methoxy groups -OCH3 is 1. The molecule has 1 rings (SSSR count). The summed E-state index contributed by atoms with van der Waals surface area (Å²) in [6.07, 6.45) is 3.92. The van der Waals surface area contributed by atoms with Crippen LogP contribution < -0.4 is 0 Å². The fourth-order valence-electron chi connectivity index (χ4n) is 2.48. The average Bonchev–Trinajstić information content (AvgIpc) is 2.47. The fraction of sp³-hybridized carbons (Fsp3) is 0.632. The highest BCUT2D eigenvalue weighted by molar-refractivity contribution is 5.90. The van der Waals surface area contributed by atoms with Crippen molar-refractivity contribution < 1.29 is 14.3 Å². The number of aryl methyl sites for hydroxylation is 2. The molecule has 124 valence electrons. The van der Waals surface area contributed by atoms with Crippen molar-refractivity contribution in [2.24, 2.45) is 5.92 Å². The van der Waals surface area contributed by atoms with E-state index in [1.54, 1.807) is 7.11 Å². The number of hydrogen-bond donors (Lipinski definition) is 0. The van der Waals surface area contributed by atoms with Gasteiger partial charge in [-0.15, -0.1) is 0 Å². The van der Waals surface area contributed by atoms with Gasteiger partial charge in [0.25, 0.3) is 0 Å². The van der Waals surface area contributed by atoms with Crippen LogP contribution in [0, 0.1) is 5.92 Å². The minimum Gasteiger partial charge on any atom is -0.456 e. The smallest absolute Gasteiger partial charge is 0.338 e. The Labute approximate surface area is 135 Å². The van der Waals surface area contributed by atoms with Gasteiger partial charge in [-0.05, 0) is 42.0 Å². The van der Waals surface area contributed by atoms with Gasteiger partial charge in [-0.3, -0.25) is 0 Å². The van der Waals surface area contributed by atoms with Crippen LogP contribution in [0.1, 0.15) is 62.0 Å². The maximum Gasteiger partial charge on any atom is 0.338 e. The number of hydrogen-bond acceptors (Lipinski definition) is 3. The van der Waals surface area contributed by atoms with Crippen LogP contribution >= 0.6 is 0 Å². The summed E-state index contributed by atoms with van der Waals surface area (Å²) in [4.78, 5) is 12.5. The lowest BCUT2D eigenvalue weighted by molar-refractivity contribution is -0.0102. The zero-order chi connectivity index (χ0) is 16.5. The molecule has 0 aromatic heterocycles. The molecular formula is C19H30O3. The second-order valence-electron chi connectivity index (χ2n) is 6.18. The first-order chi connectivity index (χ1) is 10.5. The summed E-state index contributed by atoms with van der Waals surface area (Å²) in [5.41, 5.74) is 3.10. The summed E-state index contributed by atoms with van der Waals surface area (Å²) in [7, 11) is 1.63. The van der Waals surface area contributed by atoms with Crippen molar-refractivity contribution >= 4 is 5.97 Å². The van der Waals surface area contributed by atoms with Crippen molar-refractivity contribution in [3.63, 3.8) is 0 Å². The Morgan fingerprint density at radius 3 is 2.00 bits per heavy atom. The Bertz CT molecular complexity index is 441. The molecule has 0 spiro atoms. The van der Waals surface area contributed by atoms with Crippen LogP contribution in [0.5, 0.6) is 0 Å². The van der Waals surface area contributed by atoms with Gasteiger partial charge in [-0.1, -0.05) is 46.6 Å². The Hall–Kier alpha value is -1.35. The lowest BCUT2D eigenvalue weighted by Gasteiger charge is -2.21. The van der Waals surface area contributed by atoms with E-state index in [0.717, 1.165) is 25.7 Å². The van der Waals surface area contributed by atoms with Gasteiger partial charge in [0.15, 0.2) is 0 Å². The minimum absolute atomic E-state index is 0.207. The quantitative estimate of drug-likeness (QED) is 0.634. The zero-order valence-corrected chi connectivity index (χ0v) is 14.6. The number of esters is 1. The van der Waals surface area contributed by atoms with Crippen LogP contribution in [0.2, 0.25) is 0 Å². The molecule has 0 aliphatic carbocycles. The molecule has 0 bridgehead atoms. The molecule has 0 aliphatic rings. The monoisotopic (exact) mass is 306 g/mol. The van der Waals surface area contributed by atoms with E-state index >= 15 is 0 Å². The summed E-state index contributed by atoms with van der Waals surface area (Å²) < 4.78 is 10.8. The minimum atomic E-state index is -0.244. The number of benzene rings is 1. The molecule has 0 heterocycles. The molecule has 0 amide bonds. The lowest BCUT2D eigenvalue weighted by atomic mass is 10.00. The summed E-state index contributed by atoms with van der Waals surface area (Å²) in [5.74, 6) is -0.0103. The van der Waals surface area contributed by atoms with Crippen LogP contribution in [0.25, 0.3) is 0 Å². The molecule has 0 radical (unpaired) electrons. The Kier molecular flexibility index (Phi) is 8.18. The van der Waals surface area contributed by atoms with Crippen molar-refractivity contribution in [2.45, 2.75) is 59.5 Å². The Morgan fingerprint density at radius 1 is 1.05 bits per heavy atom. The molecular weight excluding hydrogens is 276 g/mol. The fourth-order valence-corrected chi connectivity index (χ4v) is 2.48. The maximum absolute atomic E-state index is 12.5. The molecule has 1 aromatic carbocycles. The van der Waals surface area contributed by atoms with Crippen LogP contribution in [-0.2, 0) is 22.3 Å². The van der Waals surface area contributed by atoms with Crippen molar-refractivity contribution in [2.75, 3.05) is 13.7 Å². The van der Waals surface area contributed by atoms with Gasteiger partial charge in [0.05, 0.1) is 12.2 Å². The predicted molar refractivity (Wildman–Crippen MR) is 90.3 cm³/mol. The average molecular weight is 306 g/mol. The standard InChI is InChI=1S/C19H30O3/c1-6-8-15-10-16(9-7-2)12-17(11-15)19(20)22-18(13-21-5)14(3)4/h10-12,14,18H,6-9,13H2,1-5H3. The van der Waals surface area contributed by atoms with Gasteiger partial charge in [0.2, 0.25) is 0 Å². The van der Waals surface area contributed by atoms with Gasteiger partial charge in [0, 0.05) is 7.11 Å². The highest BCUT2D eigenvalue weighted by Crippen LogP contribution is 2.17. The van der Waals surface area contributed by atoms with E-state index in [2.05, 4.69) is 19.9 Å². The highest BCUT2D eigenvalue weighted by Gasteiger charge is 2.20. The summed E-state index contributed by atoms with van der Waals surface area (Å²) in [6.45, 7) is 8.80. The molecule has 0 saturated carbocycles. The molecule has 1 unspecified atom stereocenters. The van der Waals surface area contributed by atoms with Gasteiger partial charge in [-0.25, -0.2) is 4.79 Å². The molecule has 0 N–H and O–H groups in total. The largest absolute Gasteiger partial charge is 0.456 e. The van der Waals surface area contributed by atoms with Crippen LogP contribution in [0.4, 0.5) is 0 Å². The molecule has 3 nitrogen and oxygen atoms in total. The van der Waals surface area contributed by atoms with Crippen molar-refractivity contribution in [1.29, 1.82) is 0 Å². The normalized spacial score (nSPS) is 12.5. The number of carbonyl (C=O) groups is 1. The van der Waals surface area contributed by atoms with Crippen molar-refractivity contribution in [1.82, 2.24) is 0 Å². The SMILES string of the molecule is CCCc1cc(CCC)cc(C(=O)OC(COC)C(C)C)c1. The topological polar surface area (TPSA) is 35.5 Å². The third-order valence-corrected chi connectivity index (χ3v) is 3.70. The molecule has 22 heavy (non-hydrogen) atoms. The number of carbonyl (C=O) groups excluding carboxylic acids is 1. The van der Waals surface area contributed by atoms with Gasteiger partial charge in [-0.2, -0.15) is 0 Å². The first-order valence-electron chi connectivity index (χ1n) is 8.34. The highest BCUT2D eigenvalue weighted by atomic mass is 16.6. The van der Waals surface area contributed by atoms with Crippen molar-refractivity contribution in [3.8, 4) is 0 Å². The number of rotatable bonds is 9.